The largest absolute Gasteiger partial charge is 0.385 e. The van der Waals surface area contributed by atoms with Crippen molar-refractivity contribution in [1.29, 1.82) is 0 Å². The quantitative estimate of drug-likeness (QED) is 0.470. The molecule has 1 rings (SSSR count). The van der Waals surface area contributed by atoms with Gasteiger partial charge in [-0.2, -0.15) is 11.8 Å². The van der Waals surface area contributed by atoms with Crippen LogP contribution in [0.15, 0.2) is 4.99 Å². The second-order valence-corrected chi connectivity index (χ2v) is 6.27. The standard InChI is InChI=1S/C13H27N3OS/c1-11(2)12-10-16(7-9-18-12)13(14-3)15-6-5-8-17-4/h11-12H,5-10H2,1-4H3,(H,14,15). The lowest BCUT2D eigenvalue weighted by atomic mass is 10.1. The molecule has 1 aliphatic rings. The summed E-state index contributed by atoms with van der Waals surface area (Å²) in [5.41, 5.74) is 0. The number of hydrogen-bond donors (Lipinski definition) is 1. The average Bonchev–Trinajstić information content (AvgIpc) is 2.39. The van der Waals surface area contributed by atoms with E-state index in [2.05, 4.69) is 40.8 Å². The maximum absolute atomic E-state index is 5.05. The zero-order valence-electron chi connectivity index (χ0n) is 12.1. The smallest absolute Gasteiger partial charge is 0.193 e. The summed E-state index contributed by atoms with van der Waals surface area (Å²) >= 11 is 2.09. The van der Waals surface area contributed by atoms with Crippen molar-refractivity contribution >= 4 is 17.7 Å². The third kappa shape index (κ3) is 5.06. The molecule has 1 unspecified atom stereocenters. The van der Waals surface area contributed by atoms with E-state index in [0.29, 0.717) is 0 Å². The Morgan fingerprint density at radius 1 is 1.56 bits per heavy atom. The first kappa shape index (κ1) is 15.6. The summed E-state index contributed by atoms with van der Waals surface area (Å²) in [5.74, 6) is 2.96. The average molecular weight is 273 g/mol. The van der Waals surface area contributed by atoms with Gasteiger partial charge in [-0.25, -0.2) is 0 Å². The second-order valence-electron chi connectivity index (χ2n) is 4.92. The molecule has 1 atom stereocenters. The molecule has 1 fully saturated rings. The van der Waals surface area contributed by atoms with Crippen LogP contribution in [0.25, 0.3) is 0 Å². The molecule has 1 N–H and O–H groups in total. The summed E-state index contributed by atoms with van der Waals surface area (Å²) in [5, 5.41) is 4.14. The number of hydrogen-bond acceptors (Lipinski definition) is 3. The number of nitrogens with zero attached hydrogens (tertiary/aromatic N) is 2. The van der Waals surface area contributed by atoms with Gasteiger partial charge in [-0.15, -0.1) is 0 Å². The number of thioether (sulfide) groups is 1. The number of guanidine groups is 1. The van der Waals surface area contributed by atoms with Crippen LogP contribution < -0.4 is 5.32 Å². The van der Waals surface area contributed by atoms with Crippen LogP contribution in [-0.2, 0) is 4.74 Å². The van der Waals surface area contributed by atoms with Crippen LogP contribution in [-0.4, -0.2) is 62.3 Å². The van der Waals surface area contributed by atoms with Crippen molar-refractivity contribution in [2.24, 2.45) is 10.9 Å². The van der Waals surface area contributed by atoms with Crippen molar-refractivity contribution in [1.82, 2.24) is 10.2 Å². The van der Waals surface area contributed by atoms with E-state index in [-0.39, 0.29) is 0 Å². The lowest BCUT2D eigenvalue weighted by molar-refractivity contribution is 0.195. The van der Waals surface area contributed by atoms with Gasteiger partial charge in [0.05, 0.1) is 0 Å². The van der Waals surface area contributed by atoms with E-state index in [1.54, 1.807) is 7.11 Å². The van der Waals surface area contributed by atoms with Crippen LogP contribution in [0, 0.1) is 5.92 Å². The van der Waals surface area contributed by atoms with Gasteiger partial charge in [-0.1, -0.05) is 13.8 Å². The van der Waals surface area contributed by atoms with Crippen LogP contribution in [0.2, 0.25) is 0 Å². The summed E-state index contributed by atoms with van der Waals surface area (Å²) in [6, 6.07) is 0. The number of methoxy groups -OCH3 is 1. The molecule has 0 spiro atoms. The van der Waals surface area contributed by atoms with Gasteiger partial charge in [0.25, 0.3) is 0 Å². The molecule has 106 valence electrons. The lowest BCUT2D eigenvalue weighted by Gasteiger charge is -2.36. The number of rotatable bonds is 5. The zero-order valence-corrected chi connectivity index (χ0v) is 12.9. The topological polar surface area (TPSA) is 36.9 Å². The molecule has 1 heterocycles. The van der Waals surface area contributed by atoms with Gasteiger partial charge in [0.2, 0.25) is 0 Å². The highest BCUT2D eigenvalue weighted by Gasteiger charge is 2.24. The SMILES string of the molecule is CN=C(NCCCOC)N1CCSC(C(C)C)C1. The van der Waals surface area contributed by atoms with E-state index in [1.165, 1.54) is 5.75 Å². The number of nitrogens with one attached hydrogen (secondary N) is 1. The molecule has 1 saturated heterocycles. The van der Waals surface area contributed by atoms with E-state index in [9.17, 15) is 0 Å². The maximum Gasteiger partial charge on any atom is 0.193 e. The molecule has 0 radical (unpaired) electrons. The Hall–Kier alpha value is -0.420. The summed E-state index contributed by atoms with van der Waals surface area (Å²) < 4.78 is 5.05. The molecule has 4 nitrogen and oxygen atoms in total. The Morgan fingerprint density at radius 3 is 2.94 bits per heavy atom. The molecule has 0 aromatic rings. The lowest BCUT2D eigenvalue weighted by Crippen LogP contribution is -2.49. The Bertz CT molecular complexity index is 259. The molecular weight excluding hydrogens is 246 g/mol. The van der Waals surface area contributed by atoms with Crippen LogP contribution in [0.4, 0.5) is 0 Å². The molecule has 0 aromatic carbocycles. The molecule has 1 aliphatic heterocycles. The number of ether oxygens (including phenoxy) is 1. The van der Waals surface area contributed by atoms with Gasteiger partial charge in [-0.3, -0.25) is 4.99 Å². The molecule has 0 bridgehead atoms. The molecule has 0 saturated carbocycles. The summed E-state index contributed by atoms with van der Waals surface area (Å²) in [7, 11) is 3.61. The monoisotopic (exact) mass is 273 g/mol. The van der Waals surface area contributed by atoms with Crippen LogP contribution in [0.5, 0.6) is 0 Å². The minimum absolute atomic E-state index is 0.719. The molecule has 5 heteroatoms. The Morgan fingerprint density at radius 2 is 2.33 bits per heavy atom. The van der Waals surface area contributed by atoms with Gasteiger partial charge >= 0.3 is 0 Å². The van der Waals surface area contributed by atoms with Gasteiger partial charge in [0.1, 0.15) is 0 Å². The van der Waals surface area contributed by atoms with Crippen molar-refractivity contribution in [3.05, 3.63) is 0 Å². The predicted molar refractivity (Wildman–Crippen MR) is 80.5 cm³/mol. The second kappa shape index (κ2) is 8.64. The van der Waals surface area contributed by atoms with E-state index in [0.717, 1.165) is 49.8 Å². The van der Waals surface area contributed by atoms with Gasteiger partial charge in [0.15, 0.2) is 5.96 Å². The fraction of sp³-hybridized carbons (Fsp3) is 0.923. The van der Waals surface area contributed by atoms with Crippen LogP contribution in [0.1, 0.15) is 20.3 Å². The van der Waals surface area contributed by atoms with Gasteiger partial charge in [0, 0.05) is 51.4 Å². The highest BCUT2D eigenvalue weighted by Crippen LogP contribution is 2.24. The van der Waals surface area contributed by atoms with Gasteiger partial charge in [-0.05, 0) is 12.3 Å². The first-order valence-electron chi connectivity index (χ1n) is 6.75. The summed E-state index contributed by atoms with van der Waals surface area (Å²) in [6.45, 7) is 8.53. The minimum atomic E-state index is 0.719. The highest BCUT2D eigenvalue weighted by molar-refractivity contribution is 8.00. The number of aliphatic imine (C=N–C) groups is 1. The van der Waals surface area contributed by atoms with E-state index in [1.807, 2.05) is 7.05 Å². The first-order valence-corrected chi connectivity index (χ1v) is 7.80. The highest BCUT2D eigenvalue weighted by atomic mass is 32.2. The Labute approximate surface area is 116 Å². The van der Waals surface area contributed by atoms with E-state index >= 15 is 0 Å². The Balaban J connectivity index is 2.39. The van der Waals surface area contributed by atoms with Crippen LogP contribution in [0.3, 0.4) is 0 Å². The third-order valence-corrected chi connectivity index (χ3v) is 4.70. The van der Waals surface area contributed by atoms with E-state index < -0.39 is 0 Å². The predicted octanol–water partition coefficient (Wildman–Crippen LogP) is 1.67. The van der Waals surface area contributed by atoms with Crippen molar-refractivity contribution in [3.63, 3.8) is 0 Å². The zero-order chi connectivity index (χ0) is 13.4. The maximum atomic E-state index is 5.05. The summed E-state index contributed by atoms with van der Waals surface area (Å²) in [6.07, 6.45) is 1.02. The molecule has 0 aliphatic carbocycles. The Kier molecular flexibility index (Phi) is 7.51. The molecule has 0 aromatic heterocycles. The normalized spacial score (nSPS) is 21.5. The minimum Gasteiger partial charge on any atom is -0.385 e. The van der Waals surface area contributed by atoms with Crippen LogP contribution >= 0.6 is 11.8 Å². The van der Waals surface area contributed by atoms with Crippen molar-refractivity contribution in [3.8, 4) is 0 Å². The fourth-order valence-corrected chi connectivity index (χ4v) is 3.32. The van der Waals surface area contributed by atoms with Crippen molar-refractivity contribution < 1.29 is 4.74 Å². The summed E-state index contributed by atoms with van der Waals surface area (Å²) in [4.78, 5) is 6.77. The molecule has 0 amide bonds. The molecular formula is C13H27N3OS. The van der Waals surface area contributed by atoms with Crippen molar-refractivity contribution in [2.75, 3.05) is 46.2 Å². The molecule has 18 heavy (non-hydrogen) atoms. The van der Waals surface area contributed by atoms with E-state index in [4.69, 9.17) is 4.74 Å². The first-order chi connectivity index (χ1) is 8.69. The van der Waals surface area contributed by atoms with Gasteiger partial charge < -0.3 is 15.0 Å². The third-order valence-electron chi connectivity index (χ3n) is 3.16. The fourth-order valence-electron chi connectivity index (χ4n) is 2.02. The van der Waals surface area contributed by atoms with Crippen molar-refractivity contribution in [2.45, 2.75) is 25.5 Å².